The van der Waals surface area contributed by atoms with Crippen molar-refractivity contribution in [3.05, 3.63) is 58.6 Å². The van der Waals surface area contributed by atoms with Crippen LogP contribution in [0.1, 0.15) is 17.5 Å². The Morgan fingerprint density at radius 2 is 1.86 bits per heavy atom. The van der Waals surface area contributed by atoms with Gasteiger partial charge in [0.1, 0.15) is 0 Å². The van der Waals surface area contributed by atoms with Gasteiger partial charge in [0.2, 0.25) is 5.91 Å². The highest BCUT2D eigenvalue weighted by Crippen LogP contribution is 2.21. The van der Waals surface area contributed by atoms with E-state index in [2.05, 4.69) is 36.5 Å². The molecular formula is C17H18ClNOS. The smallest absolute Gasteiger partial charge is 0.225 e. The molecular weight excluding hydrogens is 302 g/mol. The fourth-order valence-corrected chi connectivity index (χ4v) is 2.82. The zero-order valence-electron chi connectivity index (χ0n) is 12.2. The van der Waals surface area contributed by atoms with Gasteiger partial charge >= 0.3 is 0 Å². The predicted molar refractivity (Wildman–Crippen MR) is 91.3 cm³/mol. The fraction of sp³-hybridized carbons (Fsp3) is 0.235. The van der Waals surface area contributed by atoms with Crippen molar-refractivity contribution >= 4 is 35.0 Å². The summed E-state index contributed by atoms with van der Waals surface area (Å²) in [4.78, 5) is 13.1. The first-order valence-corrected chi connectivity index (χ1v) is 8.16. The molecule has 0 aliphatic rings. The van der Waals surface area contributed by atoms with Crippen molar-refractivity contribution in [2.75, 3.05) is 11.1 Å². The first-order chi connectivity index (χ1) is 10.0. The van der Waals surface area contributed by atoms with Crippen molar-refractivity contribution in [2.24, 2.45) is 0 Å². The molecule has 0 saturated carbocycles. The molecule has 2 nitrogen and oxygen atoms in total. The minimum atomic E-state index is 0.00883. The van der Waals surface area contributed by atoms with Gasteiger partial charge < -0.3 is 5.32 Å². The summed E-state index contributed by atoms with van der Waals surface area (Å²) in [6.07, 6.45) is 0.476. The van der Waals surface area contributed by atoms with Gasteiger partial charge in [0.05, 0.1) is 0 Å². The number of carbonyl (C=O) groups excluding carboxylic acids is 1. The minimum Gasteiger partial charge on any atom is -0.326 e. The maximum absolute atomic E-state index is 11.9. The maximum Gasteiger partial charge on any atom is 0.225 e. The van der Waals surface area contributed by atoms with Gasteiger partial charge in [-0.3, -0.25) is 4.79 Å². The zero-order chi connectivity index (χ0) is 15.2. The van der Waals surface area contributed by atoms with E-state index in [0.717, 1.165) is 17.0 Å². The van der Waals surface area contributed by atoms with Crippen LogP contribution in [0.3, 0.4) is 0 Å². The molecule has 0 heterocycles. The number of benzene rings is 2. The lowest BCUT2D eigenvalue weighted by molar-refractivity contribution is -0.115. The standard InChI is InChI=1S/C17H18ClNOS/c1-12-3-7-15(8-4-12)21-10-9-17(20)19-14-6-5-13(2)16(18)11-14/h3-8,11H,9-10H2,1-2H3,(H,19,20). The molecule has 2 rings (SSSR count). The van der Waals surface area contributed by atoms with Gasteiger partial charge in [-0.2, -0.15) is 0 Å². The molecule has 4 heteroatoms. The summed E-state index contributed by atoms with van der Waals surface area (Å²) < 4.78 is 0. The minimum absolute atomic E-state index is 0.00883. The van der Waals surface area contributed by atoms with Crippen molar-refractivity contribution in [1.82, 2.24) is 0 Å². The Kier molecular flexibility index (Phi) is 5.71. The van der Waals surface area contributed by atoms with Crippen LogP contribution in [-0.2, 0) is 4.79 Å². The van der Waals surface area contributed by atoms with E-state index in [-0.39, 0.29) is 5.91 Å². The van der Waals surface area contributed by atoms with Crippen LogP contribution in [0, 0.1) is 13.8 Å². The SMILES string of the molecule is Cc1ccc(SCCC(=O)Nc2ccc(C)c(Cl)c2)cc1. The summed E-state index contributed by atoms with van der Waals surface area (Å²) in [6, 6.07) is 13.9. The van der Waals surface area contributed by atoms with E-state index in [9.17, 15) is 4.79 Å². The van der Waals surface area contributed by atoms with Crippen LogP contribution in [0.4, 0.5) is 5.69 Å². The maximum atomic E-state index is 11.9. The molecule has 0 bridgehead atoms. The van der Waals surface area contributed by atoms with Crippen molar-refractivity contribution in [1.29, 1.82) is 0 Å². The summed E-state index contributed by atoms with van der Waals surface area (Å²) in [5.74, 6) is 0.767. The molecule has 110 valence electrons. The molecule has 2 aromatic carbocycles. The van der Waals surface area contributed by atoms with Crippen LogP contribution in [0.25, 0.3) is 0 Å². The molecule has 1 N–H and O–H groups in total. The summed E-state index contributed by atoms with van der Waals surface area (Å²) in [6.45, 7) is 4.00. The second-order valence-electron chi connectivity index (χ2n) is 4.92. The number of nitrogens with one attached hydrogen (secondary N) is 1. The van der Waals surface area contributed by atoms with Gasteiger partial charge in [-0.25, -0.2) is 0 Å². The Morgan fingerprint density at radius 3 is 2.52 bits per heavy atom. The van der Waals surface area contributed by atoms with Crippen LogP contribution in [0.5, 0.6) is 0 Å². The Hall–Kier alpha value is -1.45. The van der Waals surface area contributed by atoms with Crippen LogP contribution in [-0.4, -0.2) is 11.7 Å². The summed E-state index contributed by atoms with van der Waals surface area (Å²) >= 11 is 7.73. The normalized spacial score (nSPS) is 10.4. The second kappa shape index (κ2) is 7.53. The Morgan fingerprint density at radius 1 is 1.14 bits per heavy atom. The second-order valence-corrected chi connectivity index (χ2v) is 6.50. The number of thioether (sulfide) groups is 1. The Balaban J connectivity index is 1.79. The van der Waals surface area contributed by atoms with Crippen molar-refractivity contribution in [3.63, 3.8) is 0 Å². The van der Waals surface area contributed by atoms with E-state index in [0.29, 0.717) is 11.4 Å². The van der Waals surface area contributed by atoms with E-state index in [1.165, 1.54) is 10.5 Å². The van der Waals surface area contributed by atoms with E-state index in [4.69, 9.17) is 11.6 Å². The van der Waals surface area contributed by atoms with Crippen molar-refractivity contribution in [3.8, 4) is 0 Å². The lowest BCUT2D eigenvalue weighted by Crippen LogP contribution is -2.12. The van der Waals surface area contributed by atoms with Crippen molar-refractivity contribution in [2.45, 2.75) is 25.2 Å². The van der Waals surface area contributed by atoms with E-state index < -0.39 is 0 Å². The van der Waals surface area contributed by atoms with Crippen molar-refractivity contribution < 1.29 is 4.79 Å². The number of carbonyl (C=O) groups is 1. The number of rotatable bonds is 5. The molecule has 0 fully saturated rings. The predicted octanol–water partition coefficient (Wildman–Crippen LogP) is 5.08. The van der Waals surface area contributed by atoms with Crippen LogP contribution in [0.2, 0.25) is 5.02 Å². The molecule has 0 aliphatic carbocycles. The summed E-state index contributed by atoms with van der Waals surface area (Å²) in [5, 5.41) is 3.54. The largest absolute Gasteiger partial charge is 0.326 e. The molecule has 1 amide bonds. The zero-order valence-corrected chi connectivity index (χ0v) is 13.7. The number of hydrogen-bond acceptors (Lipinski definition) is 2. The third kappa shape index (κ3) is 5.10. The molecule has 0 spiro atoms. The van der Waals surface area contributed by atoms with Crippen LogP contribution < -0.4 is 5.32 Å². The number of halogens is 1. The van der Waals surface area contributed by atoms with Crippen LogP contribution in [0.15, 0.2) is 47.4 Å². The molecule has 0 aromatic heterocycles. The fourth-order valence-electron chi connectivity index (χ4n) is 1.79. The molecule has 0 unspecified atom stereocenters. The van der Waals surface area contributed by atoms with Gasteiger partial charge in [-0.15, -0.1) is 11.8 Å². The lowest BCUT2D eigenvalue weighted by atomic mass is 10.2. The Bertz CT molecular complexity index is 625. The summed E-state index contributed by atoms with van der Waals surface area (Å²) in [5.41, 5.74) is 2.99. The number of aryl methyl sites for hydroxylation is 2. The number of amides is 1. The van der Waals surface area contributed by atoms with Gasteiger partial charge in [-0.1, -0.05) is 35.4 Å². The van der Waals surface area contributed by atoms with E-state index in [1.807, 2.05) is 19.1 Å². The van der Waals surface area contributed by atoms with E-state index >= 15 is 0 Å². The van der Waals surface area contributed by atoms with Gasteiger partial charge in [0, 0.05) is 27.8 Å². The van der Waals surface area contributed by atoms with Gasteiger partial charge in [0.15, 0.2) is 0 Å². The molecule has 2 aromatic rings. The lowest BCUT2D eigenvalue weighted by Gasteiger charge is -2.07. The highest BCUT2D eigenvalue weighted by Gasteiger charge is 2.04. The first kappa shape index (κ1) is 15.9. The molecule has 0 aliphatic heterocycles. The number of hydrogen-bond donors (Lipinski definition) is 1. The monoisotopic (exact) mass is 319 g/mol. The molecule has 0 atom stereocenters. The highest BCUT2D eigenvalue weighted by molar-refractivity contribution is 7.99. The molecule has 0 radical (unpaired) electrons. The number of anilines is 1. The third-order valence-electron chi connectivity index (χ3n) is 3.07. The van der Waals surface area contributed by atoms with Crippen LogP contribution >= 0.6 is 23.4 Å². The van der Waals surface area contributed by atoms with E-state index in [1.54, 1.807) is 17.8 Å². The Labute approximate surface area is 134 Å². The highest BCUT2D eigenvalue weighted by atomic mass is 35.5. The topological polar surface area (TPSA) is 29.1 Å². The first-order valence-electron chi connectivity index (χ1n) is 6.80. The van der Waals surface area contributed by atoms with Gasteiger partial charge in [-0.05, 0) is 43.7 Å². The molecule has 0 saturated heterocycles. The quantitative estimate of drug-likeness (QED) is 0.779. The van der Waals surface area contributed by atoms with Gasteiger partial charge in [0.25, 0.3) is 0 Å². The average Bonchev–Trinajstić information content (AvgIpc) is 2.45. The molecule has 21 heavy (non-hydrogen) atoms. The third-order valence-corrected chi connectivity index (χ3v) is 4.50. The average molecular weight is 320 g/mol. The summed E-state index contributed by atoms with van der Waals surface area (Å²) in [7, 11) is 0.